The number of aliphatic hydroxyl groups excluding tert-OH is 1. The van der Waals surface area contributed by atoms with Crippen molar-refractivity contribution in [3.8, 4) is 0 Å². The maximum Gasteiger partial charge on any atom is 0.185 e. The van der Waals surface area contributed by atoms with E-state index in [0.717, 1.165) is 43.2 Å². The number of nitrogens with zero attached hydrogens (tertiary/aromatic N) is 2. The van der Waals surface area contributed by atoms with Gasteiger partial charge in [0.15, 0.2) is 5.13 Å². The first-order chi connectivity index (χ1) is 11.2. The maximum atomic E-state index is 10.4. The van der Waals surface area contributed by atoms with E-state index < -0.39 is 0 Å². The highest BCUT2D eigenvalue weighted by atomic mass is 32.1. The molecule has 2 aromatic rings. The van der Waals surface area contributed by atoms with Crippen LogP contribution in [0, 0.1) is 6.92 Å². The van der Waals surface area contributed by atoms with E-state index in [1.54, 1.807) is 11.3 Å². The van der Waals surface area contributed by atoms with Crippen LogP contribution in [0.1, 0.15) is 35.7 Å². The monoisotopic (exact) mass is 329 g/mol. The fourth-order valence-corrected chi connectivity index (χ4v) is 4.61. The molecule has 2 N–H and O–H groups in total. The van der Waals surface area contributed by atoms with Gasteiger partial charge >= 0.3 is 0 Å². The van der Waals surface area contributed by atoms with Gasteiger partial charge in [0.25, 0.3) is 0 Å². The Labute approximate surface area is 141 Å². The number of aliphatic hydroxyl groups is 1. The lowest BCUT2D eigenvalue weighted by Crippen LogP contribution is -2.45. The molecule has 4 rings (SSSR count). The molecule has 2 aliphatic rings. The summed E-state index contributed by atoms with van der Waals surface area (Å²) in [5.41, 5.74) is 3.67. The summed E-state index contributed by atoms with van der Waals surface area (Å²) in [6.45, 7) is 4.12. The summed E-state index contributed by atoms with van der Waals surface area (Å²) in [6, 6.07) is 8.97. The molecule has 23 heavy (non-hydrogen) atoms. The first-order valence-corrected chi connectivity index (χ1v) is 9.27. The zero-order valence-corrected chi connectivity index (χ0v) is 14.2. The third-order valence-corrected chi connectivity index (χ3v) is 6.01. The van der Waals surface area contributed by atoms with Gasteiger partial charge in [0.1, 0.15) is 0 Å². The summed E-state index contributed by atoms with van der Waals surface area (Å²) in [7, 11) is 0. The van der Waals surface area contributed by atoms with E-state index in [9.17, 15) is 5.11 Å². The Morgan fingerprint density at radius 3 is 2.78 bits per heavy atom. The second-order valence-corrected chi connectivity index (χ2v) is 7.48. The standard InChI is InChI=1S/C18H23N3OS/c1-12-11-23-18(19-12)21-8-6-14(7-9-21)20-17-15-5-3-2-4-13(15)10-16(17)22/h2-5,11,14,16-17,20,22H,6-10H2,1H3/t16-,17+/m1/s1. The Kier molecular flexibility index (Phi) is 4.09. The summed E-state index contributed by atoms with van der Waals surface area (Å²) < 4.78 is 0. The molecule has 0 unspecified atom stereocenters. The van der Waals surface area contributed by atoms with Crippen LogP contribution in [0.5, 0.6) is 0 Å². The van der Waals surface area contributed by atoms with Crippen molar-refractivity contribution in [2.75, 3.05) is 18.0 Å². The second kappa shape index (κ2) is 6.23. The number of aryl methyl sites for hydroxylation is 1. The number of rotatable bonds is 3. The molecule has 1 saturated heterocycles. The van der Waals surface area contributed by atoms with Crippen LogP contribution in [0.25, 0.3) is 0 Å². The Hall–Kier alpha value is -1.43. The van der Waals surface area contributed by atoms with Gasteiger partial charge < -0.3 is 15.3 Å². The van der Waals surface area contributed by atoms with E-state index in [1.807, 2.05) is 6.92 Å². The minimum atomic E-state index is -0.299. The van der Waals surface area contributed by atoms with Crippen molar-refractivity contribution in [1.29, 1.82) is 0 Å². The number of nitrogens with one attached hydrogen (secondary N) is 1. The number of benzene rings is 1. The quantitative estimate of drug-likeness (QED) is 0.909. The van der Waals surface area contributed by atoms with Crippen molar-refractivity contribution >= 4 is 16.5 Å². The number of hydrogen-bond acceptors (Lipinski definition) is 5. The molecule has 1 aromatic carbocycles. The first kappa shape index (κ1) is 15.1. The second-order valence-electron chi connectivity index (χ2n) is 6.65. The van der Waals surface area contributed by atoms with E-state index in [4.69, 9.17) is 0 Å². The Morgan fingerprint density at radius 1 is 1.26 bits per heavy atom. The van der Waals surface area contributed by atoms with Gasteiger partial charge in [-0.15, -0.1) is 11.3 Å². The lowest BCUT2D eigenvalue weighted by molar-refractivity contribution is 0.131. The number of anilines is 1. The zero-order valence-electron chi connectivity index (χ0n) is 13.4. The Morgan fingerprint density at radius 2 is 2.04 bits per heavy atom. The molecule has 1 fully saturated rings. The molecule has 0 amide bonds. The molecule has 4 nitrogen and oxygen atoms in total. The molecule has 2 atom stereocenters. The summed E-state index contributed by atoms with van der Waals surface area (Å²) >= 11 is 1.74. The van der Waals surface area contributed by atoms with E-state index in [0.29, 0.717) is 6.04 Å². The van der Waals surface area contributed by atoms with Gasteiger partial charge in [-0.1, -0.05) is 24.3 Å². The topological polar surface area (TPSA) is 48.4 Å². The average Bonchev–Trinajstić information content (AvgIpc) is 3.12. The number of hydrogen-bond donors (Lipinski definition) is 2. The van der Waals surface area contributed by atoms with Crippen LogP contribution in [-0.4, -0.2) is 35.3 Å². The summed E-state index contributed by atoms with van der Waals surface area (Å²) in [6.07, 6.45) is 2.67. The van der Waals surface area contributed by atoms with Gasteiger partial charge in [-0.25, -0.2) is 4.98 Å². The van der Waals surface area contributed by atoms with Gasteiger partial charge in [-0.3, -0.25) is 0 Å². The van der Waals surface area contributed by atoms with Crippen LogP contribution in [0.4, 0.5) is 5.13 Å². The van der Waals surface area contributed by atoms with E-state index in [2.05, 4.69) is 44.8 Å². The van der Waals surface area contributed by atoms with Crippen molar-refractivity contribution in [3.05, 3.63) is 46.5 Å². The smallest absolute Gasteiger partial charge is 0.185 e. The van der Waals surface area contributed by atoms with Crippen LogP contribution >= 0.6 is 11.3 Å². The van der Waals surface area contributed by atoms with E-state index in [-0.39, 0.29) is 12.1 Å². The Balaban J connectivity index is 1.38. The number of piperidine rings is 1. The van der Waals surface area contributed by atoms with Gasteiger partial charge in [-0.05, 0) is 30.9 Å². The van der Waals surface area contributed by atoms with E-state index >= 15 is 0 Å². The van der Waals surface area contributed by atoms with Crippen molar-refractivity contribution in [3.63, 3.8) is 0 Å². The molecule has 5 heteroatoms. The number of thiazole rings is 1. The van der Waals surface area contributed by atoms with Crippen molar-refractivity contribution < 1.29 is 5.11 Å². The summed E-state index contributed by atoms with van der Waals surface area (Å²) in [5.74, 6) is 0. The fraction of sp³-hybridized carbons (Fsp3) is 0.500. The van der Waals surface area contributed by atoms with Crippen molar-refractivity contribution in [2.45, 2.75) is 44.4 Å². The Bertz CT molecular complexity index is 678. The number of fused-ring (bicyclic) bond motifs is 1. The van der Waals surface area contributed by atoms with Crippen LogP contribution in [0.2, 0.25) is 0 Å². The van der Waals surface area contributed by atoms with Crippen LogP contribution < -0.4 is 10.2 Å². The minimum Gasteiger partial charge on any atom is -0.391 e. The predicted octanol–water partition coefficient (Wildman–Crippen LogP) is 2.67. The SMILES string of the molecule is Cc1csc(N2CCC(N[C@H]3c4ccccc4C[C@H]3O)CC2)n1. The summed E-state index contributed by atoms with van der Waals surface area (Å²) in [4.78, 5) is 6.97. The number of aromatic nitrogens is 1. The predicted molar refractivity (Wildman–Crippen MR) is 94.1 cm³/mol. The first-order valence-electron chi connectivity index (χ1n) is 8.39. The molecule has 1 aliphatic carbocycles. The van der Waals surface area contributed by atoms with Gasteiger partial charge in [0.2, 0.25) is 0 Å². The normalized spacial score (nSPS) is 24.9. The zero-order chi connectivity index (χ0) is 15.8. The van der Waals surface area contributed by atoms with Crippen LogP contribution in [0.15, 0.2) is 29.6 Å². The molecular weight excluding hydrogens is 306 g/mol. The third kappa shape index (κ3) is 3.01. The molecule has 122 valence electrons. The molecule has 2 heterocycles. The largest absolute Gasteiger partial charge is 0.391 e. The molecule has 0 spiro atoms. The molecular formula is C18H23N3OS. The molecule has 1 aliphatic heterocycles. The highest BCUT2D eigenvalue weighted by Gasteiger charge is 2.33. The lowest BCUT2D eigenvalue weighted by Gasteiger charge is -2.34. The van der Waals surface area contributed by atoms with Gasteiger partial charge in [-0.2, -0.15) is 0 Å². The molecule has 0 radical (unpaired) electrons. The average molecular weight is 329 g/mol. The maximum absolute atomic E-state index is 10.4. The van der Waals surface area contributed by atoms with E-state index in [1.165, 1.54) is 11.1 Å². The van der Waals surface area contributed by atoms with Crippen molar-refractivity contribution in [1.82, 2.24) is 10.3 Å². The van der Waals surface area contributed by atoms with Gasteiger partial charge in [0, 0.05) is 30.9 Å². The summed E-state index contributed by atoms with van der Waals surface area (Å²) in [5, 5.41) is 17.4. The molecule has 0 saturated carbocycles. The minimum absolute atomic E-state index is 0.0878. The molecule has 0 bridgehead atoms. The lowest BCUT2D eigenvalue weighted by atomic mass is 10.0. The molecule has 1 aromatic heterocycles. The van der Waals surface area contributed by atoms with Crippen LogP contribution in [-0.2, 0) is 6.42 Å². The fourth-order valence-electron chi connectivity index (χ4n) is 3.75. The van der Waals surface area contributed by atoms with Crippen molar-refractivity contribution in [2.24, 2.45) is 0 Å². The highest BCUT2D eigenvalue weighted by molar-refractivity contribution is 7.13. The third-order valence-electron chi connectivity index (χ3n) is 4.99. The van der Waals surface area contributed by atoms with Crippen LogP contribution in [0.3, 0.4) is 0 Å². The van der Waals surface area contributed by atoms with Gasteiger partial charge in [0.05, 0.1) is 17.8 Å². The highest BCUT2D eigenvalue weighted by Crippen LogP contribution is 2.33.